The molecule has 1 N–H and O–H groups in total. The van der Waals surface area contributed by atoms with Crippen molar-refractivity contribution in [3.05, 3.63) is 70.3 Å². The normalized spacial score (nSPS) is 19.7. The van der Waals surface area contributed by atoms with E-state index in [9.17, 15) is 4.79 Å². The number of benzene rings is 2. The number of hydrogen-bond donors (Lipinski definition) is 1. The molecule has 2 aliphatic rings. The van der Waals surface area contributed by atoms with Gasteiger partial charge in [0, 0.05) is 25.6 Å². The van der Waals surface area contributed by atoms with Crippen LogP contribution < -0.4 is 0 Å². The number of fused-ring (bicyclic) bond motifs is 2. The molecule has 0 saturated carbocycles. The van der Waals surface area contributed by atoms with E-state index in [4.69, 9.17) is 5.11 Å². The molecule has 0 bridgehead atoms. The van der Waals surface area contributed by atoms with Crippen molar-refractivity contribution in [1.29, 1.82) is 0 Å². The topological polar surface area (TPSA) is 40.5 Å². The molecule has 2 aromatic rings. The van der Waals surface area contributed by atoms with Gasteiger partial charge in [-0.15, -0.1) is 0 Å². The minimum absolute atomic E-state index is 0.393. The van der Waals surface area contributed by atoms with E-state index < -0.39 is 5.97 Å². The second-order valence-corrected chi connectivity index (χ2v) is 6.06. The Morgan fingerprint density at radius 3 is 2.71 bits per heavy atom. The van der Waals surface area contributed by atoms with Gasteiger partial charge in [0.25, 0.3) is 0 Å². The van der Waals surface area contributed by atoms with Crippen molar-refractivity contribution in [2.75, 3.05) is 6.54 Å². The summed E-state index contributed by atoms with van der Waals surface area (Å²) in [5.74, 6) is -0.210. The fraction of sp³-hybridized carbons (Fsp3) is 0.278. The Kier molecular flexibility index (Phi) is 2.82. The number of carboxylic acids is 1. The molecule has 1 aliphatic carbocycles. The van der Waals surface area contributed by atoms with Crippen LogP contribution in [-0.2, 0) is 19.5 Å². The molecule has 0 saturated heterocycles. The average molecular weight is 279 g/mol. The zero-order chi connectivity index (χ0) is 14.4. The van der Waals surface area contributed by atoms with Gasteiger partial charge in [-0.1, -0.05) is 30.3 Å². The summed E-state index contributed by atoms with van der Waals surface area (Å²) in [4.78, 5) is 13.5. The van der Waals surface area contributed by atoms with E-state index in [2.05, 4.69) is 29.2 Å². The molecule has 0 amide bonds. The second kappa shape index (κ2) is 4.71. The maximum Gasteiger partial charge on any atom is 0.335 e. The minimum atomic E-state index is -0.843. The molecule has 4 rings (SSSR count). The fourth-order valence-electron chi connectivity index (χ4n) is 3.56. The Balaban J connectivity index is 1.47. The predicted molar refractivity (Wildman–Crippen MR) is 80.4 cm³/mol. The summed E-state index contributed by atoms with van der Waals surface area (Å²) in [7, 11) is 0. The van der Waals surface area contributed by atoms with Gasteiger partial charge in [0.2, 0.25) is 0 Å². The highest BCUT2D eigenvalue weighted by atomic mass is 16.4. The number of aromatic carboxylic acids is 1. The zero-order valence-electron chi connectivity index (χ0n) is 11.7. The Hall–Kier alpha value is -2.13. The SMILES string of the molecule is O=C(O)c1ccc2c(c1)CN(CC1Cc3ccccc31)C2. The smallest absolute Gasteiger partial charge is 0.335 e. The van der Waals surface area contributed by atoms with Crippen LogP contribution in [0.4, 0.5) is 0 Å². The molecule has 0 spiro atoms. The van der Waals surface area contributed by atoms with Crippen molar-refractivity contribution in [1.82, 2.24) is 4.90 Å². The molecule has 106 valence electrons. The van der Waals surface area contributed by atoms with Gasteiger partial charge >= 0.3 is 5.97 Å². The van der Waals surface area contributed by atoms with Gasteiger partial charge < -0.3 is 5.11 Å². The summed E-state index contributed by atoms with van der Waals surface area (Å²) in [6, 6.07) is 14.2. The maximum atomic E-state index is 11.0. The fourth-order valence-corrected chi connectivity index (χ4v) is 3.56. The van der Waals surface area contributed by atoms with Crippen LogP contribution in [0, 0.1) is 0 Å². The number of hydrogen-bond acceptors (Lipinski definition) is 2. The molecule has 3 nitrogen and oxygen atoms in total. The summed E-state index contributed by atoms with van der Waals surface area (Å²) < 4.78 is 0. The number of nitrogens with zero attached hydrogens (tertiary/aromatic N) is 1. The second-order valence-electron chi connectivity index (χ2n) is 6.06. The zero-order valence-corrected chi connectivity index (χ0v) is 11.7. The number of carboxylic acid groups (broad SMARTS) is 1. The van der Waals surface area contributed by atoms with E-state index in [1.165, 1.54) is 28.7 Å². The standard InChI is InChI=1S/C18H17NO2/c20-18(21)13-5-6-14-9-19(10-15(14)8-13)11-16-7-12-3-1-2-4-17(12)16/h1-6,8,16H,7,9-11H2,(H,20,21). The summed E-state index contributed by atoms with van der Waals surface area (Å²) >= 11 is 0. The van der Waals surface area contributed by atoms with Gasteiger partial charge in [0.15, 0.2) is 0 Å². The maximum absolute atomic E-state index is 11.0. The Morgan fingerprint density at radius 1 is 1.10 bits per heavy atom. The van der Waals surface area contributed by atoms with Crippen LogP contribution in [-0.4, -0.2) is 22.5 Å². The van der Waals surface area contributed by atoms with E-state index in [1.54, 1.807) is 6.07 Å². The Labute approximate surface area is 123 Å². The quantitative estimate of drug-likeness (QED) is 0.938. The van der Waals surface area contributed by atoms with Crippen molar-refractivity contribution in [2.45, 2.75) is 25.4 Å². The lowest BCUT2D eigenvalue weighted by Gasteiger charge is -2.33. The molecule has 2 aromatic carbocycles. The summed E-state index contributed by atoms with van der Waals surface area (Å²) in [6.07, 6.45) is 1.17. The average Bonchev–Trinajstić information content (AvgIpc) is 2.86. The lowest BCUT2D eigenvalue weighted by molar-refractivity contribution is 0.0696. The van der Waals surface area contributed by atoms with Crippen LogP contribution in [0.5, 0.6) is 0 Å². The predicted octanol–water partition coefficient (Wildman–Crippen LogP) is 3.04. The van der Waals surface area contributed by atoms with Crippen LogP contribution in [0.1, 0.15) is 38.5 Å². The highest BCUT2D eigenvalue weighted by Crippen LogP contribution is 2.37. The van der Waals surface area contributed by atoms with Crippen molar-refractivity contribution in [2.24, 2.45) is 0 Å². The first kappa shape index (κ1) is 12.6. The third kappa shape index (κ3) is 2.14. The van der Waals surface area contributed by atoms with Crippen LogP contribution in [0.2, 0.25) is 0 Å². The summed E-state index contributed by atoms with van der Waals surface area (Å²) in [5.41, 5.74) is 5.80. The van der Waals surface area contributed by atoms with Crippen LogP contribution in [0.25, 0.3) is 0 Å². The van der Waals surface area contributed by atoms with Crippen molar-refractivity contribution in [3.63, 3.8) is 0 Å². The van der Waals surface area contributed by atoms with Crippen LogP contribution >= 0.6 is 0 Å². The lowest BCUT2D eigenvalue weighted by atomic mass is 9.77. The number of carbonyl (C=O) groups is 1. The van der Waals surface area contributed by atoms with Gasteiger partial charge in [-0.05, 0) is 40.8 Å². The van der Waals surface area contributed by atoms with Gasteiger partial charge in [-0.2, -0.15) is 0 Å². The molecular formula is C18H17NO2. The summed E-state index contributed by atoms with van der Waals surface area (Å²) in [5, 5.41) is 9.07. The molecule has 1 unspecified atom stereocenters. The van der Waals surface area contributed by atoms with Crippen molar-refractivity contribution in [3.8, 4) is 0 Å². The van der Waals surface area contributed by atoms with Gasteiger partial charge in [0.1, 0.15) is 0 Å². The minimum Gasteiger partial charge on any atom is -0.478 e. The van der Waals surface area contributed by atoms with Gasteiger partial charge in [0.05, 0.1) is 5.56 Å². The summed E-state index contributed by atoms with van der Waals surface area (Å²) in [6.45, 7) is 2.87. The first-order valence-corrected chi connectivity index (χ1v) is 7.36. The molecular weight excluding hydrogens is 262 g/mol. The molecule has 1 heterocycles. The van der Waals surface area contributed by atoms with Crippen molar-refractivity contribution >= 4 is 5.97 Å². The molecule has 3 heteroatoms. The molecule has 0 radical (unpaired) electrons. The Bertz CT molecular complexity index is 723. The van der Waals surface area contributed by atoms with Gasteiger partial charge in [-0.3, -0.25) is 4.90 Å². The monoisotopic (exact) mass is 279 g/mol. The van der Waals surface area contributed by atoms with Crippen molar-refractivity contribution < 1.29 is 9.90 Å². The lowest BCUT2D eigenvalue weighted by Crippen LogP contribution is -2.30. The molecule has 1 atom stereocenters. The third-order valence-electron chi connectivity index (χ3n) is 4.68. The molecule has 21 heavy (non-hydrogen) atoms. The van der Waals surface area contributed by atoms with Crippen LogP contribution in [0.3, 0.4) is 0 Å². The highest BCUT2D eigenvalue weighted by Gasteiger charge is 2.29. The van der Waals surface area contributed by atoms with E-state index in [-0.39, 0.29) is 0 Å². The van der Waals surface area contributed by atoms with E-state index in [0.29, 0.717) is 11.5 Å². The molecule has 0 fully saturated rings. The number of rotatable bonds is 3. The third-order valence-corrected chi connectivity index (χ3v) is 4.68. The highest BCUT2D eigenvalue weighted by molar-refractivity contribution is 5.87. The largest absolute Gasteiger partial charge is 0.478 e. The molecule has 1 aliphatic heterocycles. The molecule has 0 aromatic heterocycles. The van der Waals surface area contributed by atoms with E-state index in [0.717, 1.165) is 19.6 Å². The van der Waals surface area contributed by atoms with E-state index >= 15 is 0 Å². The first-order chi connectivity index (χ1) is 10.2. The van der Waals surface area contributed by atoms with E-state index in [1.807, 2.05) is 12.1 Å². The Morgan fingerprint density at radius 2 is 1.90 bits per heavy atom. The van der Waals surface area contributed by atoms with Crippen LogP contribution in [0.15, 0.2) is 42.5 Å². The first-order valence-electron chi connectivity index (χ1n) is 7.36. The van der Waals surface area contributed by atoms with Gasteiger partial charge in [-0.25, -0.2) is 4.79 Å².